The van der Waals surface area contributed by atoms with E-state index < -0.39 is 0 Å². The van der Waals surface area contributed by atoms with Crippen LogP contribution in [0.2, 0.25) is 5.02 Å². The summed E-state index contributed by atoms with van der Waals surface area (Å²) < 4.78 is 7.37. The van der Waals surface area contributed by atoms with Crippen molar-refractivity contribution in [2.45, 2.75) is 13.8 Å². The third kappa shape index (κ3) is 4.95. The molecular weight excluding hydrogens is 410 g/mol. The van der Waals surface area contributed by atoms with E-state index in [1.807, 2.05) is 92.7 Å². The molecule has 0 aliphatic heterocycles. The summed E-state index contributed by atoms with van der Waals surface area (Å²) in [7, 11) is 0. The molecule has 31 heavy (non-hydrogen) atoms. The van der Waals surface area contributed by atoms with E-state index in [2.05, 4.69) is 10.4 Å². The number of hydrogen-bond donors (Lipinski definition) is 1. The molecule has 0 bridgehead atoms. The number of nitrogens with one attached hydrogen (secondary N) is 1. The van der Waals surface area contributed by atoms with Crippen LogP contribution in [-0.4, -0.2) is 22.3 Å². The Morgan fingerprint density at radius 1 is 0.968 bits per heavy atom. The highest BCUT2D eigenvalue weighted by Crippen LogP contribution is 2.26. The number of nitrogens with zero attached hydrogens (tertiary/aromatic N) is 2. The van der Waals surface area contributed by atoms with E-state index in [0.29, 0.717) is 22.3 Å². The van der Waals surface area contributed by atoms with Crippen LogP contribution in [0.3, 0.4) is 0 Å². The van der Waals surface area contributed by atoms with Crippen molar-refractivity contribution in [1.29, 1.82) is 0 Å². The molecule has 0 aliphatic carbocycles. The maximum absolute atomic E-state index is 12.6. The number of aromatic nitrogens is 2. The molecular formula is C25H22ClN3O2. The molecule has 5 nitrogen and oxygen atoms in total. The first-order chi connectivity index (χ1) is 15.0. The standard InChI is InChI=1S/C25H22ClN3O2/c1-17-11-12-22(13-18(17)2)31-16-25(30)27-24-15-23(19-7-6-8-20(26)14-19)28-29(24)21-9-4-3-5-10-21/h3-15H,16H2,1-2H3,(H,27,30). The van der Waals surface area contributed by atoms with Gasteiger partial charge in [-0.15, -0.1) is 0 Å². The number of benzene rings is 3. The van der Waals surface area contributed by atoms with Crippen LogP contribution in [0.25, 0.3) is 16.9 Å². The number of para-hydroxylation sites is 1. The summed E-state index contributed by atoms with van der Waals surface area (Å²) in [5.41, 5.74) is 4.70. The van der Waals surface area contributed by atoms with Gasteiger partial charge in [0.05, 0.1) is 11.4 Å². The molecule has 0 unspecified atom stereocenters. The molecule has 1 N–H and O–H groups in total. The summed E-state index contributed by atoms with van der Waals surface area (Å²) >= 11 is 6.14. The van der Waals surface area contributed by atoms with Crippen LogP contribution in [0, 0.1) is 13.8 Å². The summed E-state index contributed by atoms with van der Waals surface area (Å²) in [6, 6.07) is 24.7. The van der Waals surface area contributed by atoms with Gasteiger partial charge >= 0.3 is 0 Å². The second-order valence-electron chi connectivity index (χ2n) is 7.26. The van der Waals surface area contributed by atoms with E-state index >= 15 is 0 Å². The highest BCUT2D eigenvalue weighted by Gasteiger charge is 2.14. The molecule has 6 heteroatoms. The molecule has 0 saturated carbocycles. The van der Waals surface area contributed by atoms with Crippen LogP contribution in [-0.2, 0) is 4.79 Å². The minimum atomic E-state index is -0.270. The SMILES string of the molecule is Cc1ccc(OCC(=O)Nc2cc(-c3cccc(Cl)c3)nn2-c2ccccc2)cc1C. The van der Waals surface area contributed by atoms with Crippen molar-refractivity contribution in [2.24, 2.45) is 0 Å². The maximum Gasteiger partial charge on any atom is 0.263 e. The first kappa shape index (κ1) is 20.7. The highest BCUT2D eigenvalue weighted by molar-refractivity contribution is 6.30. The minimum Gasteiger partial charge on any atom is -0.484 e. The molecule has 1 aromatic heterocycles. The molecule has 0 radical (unpaired) electrons. The zero-order valence-electron chi connectivity index (χ0n) is 17.3. The van der Waals surface area contributed by atoms with Gasteiger partial charge in [-0.3, -0.25) is 4.79 Å². The average molecular weight is 432 g/mol. The maximum atomic E-state index is 12.6. The molecule has 0 fully saturated rings. The van der Waals surface area contributed by atoms with Gasteiger partial charge in [-0.1, -0.05) is 48.0 Å². The van der Waals surface area contributed by atoms with E-state index in [0.717, 1.165) is 16.8 Å². The predicted octanol–water partition coefficient (Wildman–Crippen LogP) is 5.83. The number of amides is 1. The molecule has 1 heterocycles. The van der Waals surface area contributed by atoms with Gasteiger partial charge in [0.15, 0.2) is 6.61 Å². The highest BCUT2D eigenvalue weighted by atomic mass is 35.5. The lowest BCUT2D eigenvalue weighted by atomic mass is 10.1. The van der Waals surface area contributed by atoms with Crippen molar-refractivity contribution in [1.82, 2.24) is 9.78 Å². The molecule has 3 aromatic carbocycles. The van der Waals surface area contributed by atoms with Gasteiger partial charge in [-0.25, -0.2) is 4.68 Å². The lowest BCUT2D eigenvalue weighted by molar-refractivity contribution is -0.118. The molecule has 4 rings (SSSR count). The normalized spacial score (nSPS) is 10.7. The molecule has 0 aliphatic rings. The first-order valence-electron chi connectivity index (χ1n) is 9.91. The van der Waals surface area contributed by atoms with Crippen molar-refractivity contribution in [2.75, 3.05) is 11.9 Å². The fourth-order valence-electron chi connectivity index (χ4n) is 3.16. The van der Waals surface area contributed by atoms with Crippen LogP contribution < -0.4 is 10.1 Å². The van der Waals surface area contributed by atoms with Crippen molar-refractivity contribution in [3.05, 3.63) is 95.0 Å². The molecule has 1 amide bonds. The van der Waals surface area contributed by atoms with E-state index in [-0.39, 0.29) is 12.5 Å². The summed E-state index contributed by atoms with van der Waals surface area (Å²) in [5.74, 6) is 0.942. The Morgan fingerprint density at radius 3 is 2.52 bits per heavy atom. The van der Waals surface area contributed by atoms with Gasteiger partial charge in [0.1, 0.15) is 11.6 Å². The van der Waals surface area contributed by atoms with Crippen molar-refractivity contribution in [3.8, 4) is 22.7 Å². The molecule has 0 atom stereocenters. The summed E-state index contributed by atoms with van der Waals surface area (Å²) in [4.78, 5) is 12.6. The summed E-state index contributed by atoms with van der Waals surface area (Å²) in [5, 5.41) is 8.22. The molecule has 0 saturated heterocycles. The molecule has 4 aromatic rings. The van der Waals surface area contributed by atoms with Crippen molar-refractivity contribution >= 4 is 23.3 Å². The number of anilines is 1. The van der Waals surface area contributed by atoms with Gasteiger partial charge in [0.25, 0.3) is 5.91 Å². The van der Waals surface area contributed by atoms with E-state index in [1.54, 1.807) is 4.68 Å². The number of halogens is 1. The van der Waals surface area contributed by atoms with Gasteiger partial charge in [-0.05, 0) is 61.4 Å². The number of ether oxygens (including phenoxy) is 1. The van der Waals surface area contributed by atoms with Crippen molar-refractivity contribution < 1.29 is 9.53 Å². The number of rotatable bonds is 6. The summed E-state index contributed by atoms with van der Waals surface area (Å²) in [6.45, 7) is 3.95. The molecule has 0 spiro atoms. The third-order valence-electron chi connectivity index (χ3n) is 4.95. The topological polar surface area (TPSA) is 56.1 Å². The smallest absolute Gasteiger partial charge is 0.263 e. The Labute approximate surface area is 186 Å². The van der Waals surface area contributed by atoms with E-state index in [9.17, 15) is 4.79 Å². The third-order valence-corrected chi connectivity index (χ3v) is 5.18. The van der Waals surface area contributed by atoms with Crippen LogP contribution in [0.15, 0.2) is 78.9 Å². The Morgan fingerprint density at radius 2 is 1.77 bits per heavy atom. The predicted molar refractivity (Wildman–Crippen MR) is 124 cm³/mol. The van der Waals surface area contributed by atoms with Crippen LogP contribution in [0.4, 0.5) is 5.82 Å². The second kappa shape index (κ2) is 9.06. The number of aryl methyl sites for hydroxylation is 2. The number of carbonyl (C=O) groups excluding carboxylic acids is 1. The van der Waals surface area contributed by atoms with Crippen LogP contribution >= 0.6 is 11.6 Å². The number of hydrogen-bond acceptors (Lipinski definition) is 3. The fourth-order valence-corrected chi connectivity index (χ4v) is 3.35. The Kier molecular flexibility index (Phi) is 6.05. The van der Waals surface area contributed by atoms with E-state index in [1.165, 1.54) is 5.56 Å². The average Bonchev–Trinajstić information content (AvgIpc) is 3.19. The summed E-state index contributed by atoms with van der Waals surface area (Å²) in [6.07, 6.45) is 0. The van der Waals surface area contributed by atoms with Crippen LogP contribution in [0.5, 0.6) is 5.75 Å². The van der Waals surface area contributed by atoms with Gasteiger partial charge in [0.2, 0.25) is 0 Å². The van der Waals surface area contributed by atoms with Gasteiger partial charge in [-0.2, -0.15) is 5.10 Å². The monoisotopic (exact) mass is 431 g/mol. The van der Waals surface area contributed by atoms with E-state index in [4.69, 9.17) is 16.3 Å². The zero-order chi connectivity index (χ0) is 21.8. The minimum absolute atomic E-state index is 0.102. The van der Waals surface area contributed by atoms with Crippen LogP contribution in [0.1, 0.15) is 11.1 Å². The lowest BCUT2D eigenvalue weighted by Gasteiger charge is -2.10. The zero-order valence-corrected chi connectivity index (χ0v) is 18.1. The second-order valence-corrected chi connectivity index (χ2v) is 7.69. The quantitative estimate of drug-likeness (QED) is 0.418. The molecule has 156 valence electrons. The number of carbonyl (C=O) groups is 1. The van der Waals surface area contributed by atoms with Gasteiger partial charge in [0, 0.05) is 16.7 Å². The first-order valence-corrected chi connectivity index (χ1v) is 10.3. The fraction of sp³-hybridized carbons (Fsp3) is 0.120. The lowest BCUT2D eigenvalue weighted by Crippen LogP contribution is -2.21. The Bertz CT molecular complexity index is 1220. The van der Waals surface area contributed by atoms with Gasteiger partial charge < -0.3 is 10.1 Å². The van der Waals surface area contributed by atoms with Crippen molar-refractivity contribution in [3.63, 3.8) is 0 Å². The Balaban J connectivity index is 1.57. The Hall–Kier alpha value is -3.57. The largest absolute Gasteiger partial charge is 0.484 e.